The fourth-order valence-electron chi connectivity index (χ4n) is 3.14. The van der Waals surface area contributed by atoms with Crippen LogP contribution in [0.1, 0.15) is 11.3 Å². The number of ether oxygens (including phenoxy) is 4. The standard InChI is InChI=1S/C23H26N2O5S/c1-26-18-8-5-7-17(13-18)24-23(31)25(15-19-9-6-10-30-19)14-16-11-20(27-2)22(29-4)21(12-16)28-3/h5-13H,14-15H2,1-4H3,(H,24,31). The topological polar surface area (TPSA) is 65.3 Å². The molecule has 0 aliphatic carbocycles. The van der Waals surface area contributed by atoms with Crippen LogP contribution >= 0.6 is 12.2 Å². The number of benzene rings is 2. The molecule has 0 amide bonds. The third kappa shape index (κ3) is 5.61. The van der Waals surface area contributed by atoms with E-state index in [0.717, 1.165) is 22.8 Å². The molecule has 164 valence electrons. The van der Waals surface area contributed by atoms with E-state index < -0.39 is 0 Å². The number of furan rings is 1. The molecule has 8 heteroatoms. The third-order valence-electron chi connectivity index (χ3n) is 4.63. The Morgan fingerprint density at radius 2 is 1.65 bits per heavy atom. The highest BCUT2D eigenvalue weighted by molar-refractivity contribution is 7.80. The van der Waals surface area contributed by atoms with Crippen molar-refractivity contribution in [1.82, 2.24) is 4.90 Å². The highest BCUT2D eigenvalue weighted by Gasteiger charge is 2.18. The first-order valence-corrected chi connectivity index (χ1v) is 10.00. The lowest BCUT2D eigenvalue weighted by Crippen LogP contribution is -2.33. The fraction of sp³-hybridized carbons (Fsp3) is 0.261. The minimum absolute atomic E-state index is 0.486. The van der Waals surface area contributed by atoms with Crippen LogP contribution < -0.4 is 24.3 Å². The normalized spacial score (nSPS) is 10.3. The Bertz CT molecular complexity index is 982. The van der Waals surface area contributed by atoms with Crippen molar-refractivity contribution in [3.8, 4) is 23.0 Å². The zero-order valence-electron chi connectivity index (χ0n) is 18.0. The van der Waals surface area contributed by atoms with Gasteiger partial charge in [0.15, 0.2) is 16.6 Å². The van der Waals surface area contributed by atoms with Crippen molar-refractivity contribution < 1.29 is 23.4 Å². The number of nitrogens with zero attached hydrogens (tertiary/aromatic N) is 1. The number of methoxy groups -OCH3 is 4. The van der Waals surface area contributed by atoms with Gasteiger partial charge in [-0.3, -0.25) is 0 Å². The Hall–Kier alpha value is -3.39. The van der Waals surface area contributed by atoms with Crippen LogP contribution in [0.2, 0.25) is 0 Å². The van der Waals surface area contributed by atoms with Crippen molar-refractivity contribution in [3.63, 3.8) is 0 Å². The van der Waals surface area contributed by atoms with Gasteiger partial charge in [-0.1, -0.05) is 6.07 Å². The predicted molar refractivity (Wildman–Crippen MR) is 123 cm³/mol. The second-order valence-electron chi connectivity index (χ2n) is 6.63. The van der Waals surface area contributed by atoms with Crippen LogP contribution in [-0.2, 0) is 13.1 Å². The maximum Gasteiger partial charge on any atom is 0.203 e. The molecule has 7 nitrogen and oxygen atoms in total. The second-order valence-corrected chi connectivity index (χ2v) is 7.02. The first kappa shape index (κ1) is 22.3. The number of thiocarbonyl (C=S) groups is 1. The van der Waals surface area contributed by atoms with Crippen molar-refractivity contribution in [1.29, 1.82) is 0 Å². The van der Waals surface area contributed by atoms with Crippen LogP contribution in [-0.4, -0.2) is 38.5 Å². The molecule has 0 radical (unpaired) electrons. The van der Waals surface area contributed by atoms with Gasteiger partial charge in [0.05, 0.1) is 41.2 Å². The minimum Gasteiger partial charge on any atom is -0.497 e. The Kier molecular flexibility index (Phi) is 7.61. The van der Waals surface area contributed by atoms with Crippen molar-refractivity contribution in [2.75, 3.05) is 33.8 Å². The summed E-state index contributed by atoms with van der Waals surface area (Å²) < 4.78 is 27.2. The molecule has 0 spiro atoms. The molecule has 0 saturated heterocycles. The lowest BCUT2D eigenvalue weighted by molar-refractivity contribution is 0.321. The van der Waals surface area contributed by atoms with E-state index in [-0.39, 0.29) is 0 Å². The van der Waals surface area contributed by atoms with Gasteiger partial charge >= 0.3 is 0 Å². The highest BCUT2D eigenvalue weighted by atomic mass is 32.1. The quantitative estimate of drug-likeness (QED) is 0.478. The molecule has 0 saturated carbocycles. The largest absolute Gasteiger partial charge is 0.497 e. The van der Waals surface area contributed by atoms with Crippen molar-refractivity contribution in [2.45, 2.75) is 13.1 Å². The summed E-state index contributed by atoms with van der Waals surface area (Å²) in [5, 5.41) is 3.82. The van der Waals surface area contributed by atoms with Crippen LogP contribution in [0.5, 0.6) is 23.0 Å². The van der Waals surface area contributed by atoms with E-state index in [4.69, 9.17) is 35.6 Å². The van der Waals surface area contributed by atoms with Crippen LogP contribution in [0.3, 0.4) is 0 Å². The average molecular weight is 443 g/mol. The molecule has 0 bridgehead atoms. The lowest BCUT2D eigenvalue weighted by Gasteiger charge is -2.26. The number of anilines is 1. The Morgan fingerprint density at radius 1 is 0.903 bits per heavy atom. The molecule has 1 N–H and O–H groups in total. The molecular weight excluding hydrogens is 416 g/mol. The number of hydrogen-bond donors (Lipinski definition) is 1. The first-order valence-electron chi connectivity index (χ1n) is 9.59. The van der Waals surface area contributed by atoms with Gasteiger partial charge < -0.3 is 33.6 Å². The zero-order valence-corrected chi connectivity index (χ0v) is 18.8. The average Bonchev–Trinajstić information content (AvgIpc) is 3.31. The van der Waals surface area contributed by atoms with E-state index >= 15 is 0 Å². The SMILES string of the molecule is COc1cccc(NC(=S)N(Cc2cc(OC)c(OC)c(OC)c2)Cc2ccco2)c1. The van der Waals surface area contributed by atoms with Crippen LogP contribution in [0.25, 0.3) is 0 Å². The molecule has 0 atom stereocenters. The first-order chi connectivity index (χ1) is 15.1. The van der Waals surface area contributed by atoms with E-state index in [0.29, 0.717) is 35.5 Å². The maximum atomic E-state index is 5.73. The summed E-state index contributed by atoms with van der Waals surface area (Å²) >= 11 is 5.73. The van der Waals surface area contributed by atoms with E-state index in [1.54, 1.807) is 34.7 Å². The van der Waals surface area contributed by atoms with Crippen molar-refractivity contribution in [3.05, 3.63) is 66.1 Å². The molecular formula is C23H26N2O5S. The Balaban J connectivity index is 1.87. The smallest absolute Gasteiger partial charge is 0.203 e. The lowest BCUT2D eigenvalue weighted by atomic mass is 10.1. The van der Waals surface area contributed by atoms with Gasteiger partial charge in [0.25, 0.3) is 0 Å². The summed E-state index contributed by atoms with van der Waals surface area (Å²) in [6.07, 6.45) is 1.64. The highest BCUT2D eigenvalue weighted by Crippen LogP contribution is 2.38. The summed E-state index contributed by atoms with van der Waals surface area (Å²) in [7, 11) is 6.40. The van der Waals surface area contributed by atoms with Crippen LogP contribution in [0.4, 0.5) is 5.69 Å². The molecule has 3 aromatic rings. The predicted octanol–water partition coefficient (Wildman–Crippen LogP) is 4.71. The summed E-state index contributed by atoms with van der Waals surface area (Å²) in [4.78, 5) is 1.99. The van der Waals surface area contributed by atoms with Crippen molar-refractivity contribution >= 4 is 23.0 Å². The maximum absolute atomic E-state index is 5.73. The van der Waals surface area contributed by atoms with Gasteiger partial charge in [-0.2, -0.15) is 0 Å². The molecule has 1 aromatic heterocycles. The van der Waals surface area contributed by atoms with Gasteiger partial charge in [-0.25, -0.2) is 0 Å². The molecule has 0 unspecified atom stereocenters. The molecule has 2 aromatic carbocycles. The number of rotatable bonds is 9. The monoisotopic (exact) mass is 442 g/mol. The molecule has 31 heavy (non-hydrogen) atoms. The molecule has 0 aliphatic heterocycles. The zero-order chi connectivity index (χ0) is 22.2. The van der Waals surface area contributed by atoms with E-state index in [1.165, 1.54) is 0 Å². The Labute approximate surface area is 187 Å². The van der Waals surface area contributed by atoms with E-state index in [1.807, 2.05) is 53.4 Å². The van der Waals surface area contributed by atoms with E-state index in [9.17, 15) is 0 Å². The second kappa shape index (κ2) is 10.6. The summed E-state index contributed by atoms with van der Waals surface area (Å²) in [6, 6.07) is 15.2. The molecule has 3 rings (SSSR count). The molecule has 1 heterocycles. The van der Waals surface area contributed by atoms with Gasteiger partial charge in [-0.15, -0.1) is 0 Å². The van der Waals surface area contributed by atoms with Crippen LogP contribution in [0, 0.1) is 0 Å². The van der Waals surface area contributed by atoms with Gasteiger partial charge in [0, 0.05) is 18.3 Å². The number of hydrogen-bond acceptors (Lipinski definition) is 6. The summed E-state index contributed by atoms with van der Waals surface area (Å²) in [5.74, 6) is 3.25. The summed E-state index contributed by atoms with van der Waals surface area (Å²) in [5.41, 5.74) is 1.77. The van der Waals surface area contributed by atoms with Gasteiger partial charge in [0.2, 0.25) is 5.75 Å². The number of nitrogens with one attached hydrogen (secondary N) is 1. The minimum atomic E-state index is 0.486. The van der Waals surface area contributed by atoms with Gasteiger partial charge in [0.1, 0.15) is 11.5 Å². The van der Waals surface area contributed by atoms with Crippen molar-refractivity contribution in [2.24, 2.45) is 0 Å². The van der Waals surface area contributed by atoms with Gasteiger partial charge in [-0.05, 0) is 54.2 Å². The molecule has 0 aliphatic rings. The Morgan fingerprint density at radius 3 is 2.23 bits per heavy atom. The van der Waals surface area contributed by atoms with Crippen LogP contribution in [0.15, 0.2) is 59.2 Å². The summed E-state index contributed by atoms with van der Waals surface area (Å²) in [6.45, 7) is 0.979. The third-order valence-corrected chi connectivity index (χ3v) is 4.99. The molecule has 0 fully saturated rings. The van der Waals surface area contributed by atoms with E-state index in [2.05, 4.69) is 5.32 Å². The fourth-order valence-corrected chi connectivity index (χ4v) is 3.39.